The van der Waals surface area contributed by atoms with Crippen molar-refractivity contribution in [2.24, 2.45) is 5.41 Å². The zero-order chi connectivity index (χ0) is 21.5. The molecule has 4 rings (SSSR count). The lowest BCUT2D eigenvalue weighted by Gasteiger charge is -2.36. The summed E-state index contributed by atoms with van der Waals surface area (Å²) >= 11 is 0. The topological polar surface area (TPSA) is 50.8 Å². The van der Waals surface area contributed by atoms with Crippen molar-refractivity contribution in [3.8, 4) is 11.1 Å². The molecule has 2 aliphatic heterocycles. The minimum absolute atomic E-state index is 0.122. The Morgan fingerprint density at radius 3 is 2.42 bits per heavy atom. The van der Waals surface area contributed by atoms with Gasteiger partial charge in [0.05, 0.1) is 18.6 Å². The zero-order valence-corrected chi connectivity index (χ0v) is 17.9. The van der Waals surface area contributed by atoms with Crippen LogP contribution in [0.15, 0.2) is 48.5 Å². The largest absolute Gasteiger partial charge is 0.381 e. The third kappa shape index (κ3) is 5.70. The van der Waals surface area contributed by atoms with Gasteiger partial charge in [0.25, 0.3) is 0 Å². The molecule has 0 spiro atoms. The molecule has 0 bridgehead atoms. The highest BCUT2D eigenvalue weighted by Crippen LogP contribution is 2.35. The molecule has 166 valence electrons. The van der Waals surface area contributed by atoms with Crippen LogP contribution in [-0.2, 0) is 20.7 Å². The van der Waals surface area contributed by atoms with Gasteiger partial charge in [-0.25, -0.2) is 4.39 Å². The summed E-state index contributed by atoms with van der Waals surface area (Å²) in [5.41, 5.74) is 2.67. The fourth-order valence-electron chi connectivity index (χ4n) is 4.48. The number of amides is 1. The number of nitrogens with one attached hydrogen (secondary N) is 1. The molecule has 0 atom stereocenters. The first kappa shape index (κ1) is 21.9. The summed E-state index contributed by atoms with van der Waals surface area (Å²) < 4.78 is 24.3. The van der Waals surface area contributed by atoms with E-state index in [0.717, 1.165) is 62.4 Å². The zero-order valence-electron chi connectivity index (χ0n) is 17.9. The fourth-order valence-corrected chi connectivity index (χ4v) is 4.48. The van der Waals surface area contributed by atoms with Crippen molar-refractivity contribution in [2.45, 2.75) is 19.3 Å². The minimum atomic E-state index is -0.454. The van der Waals surface area contributed by atoms with Gasteiger partial charge >= 0.3 is 0 Å². The van der Waals surface area contributed by atoms with Crippen LogP contribution in [0.5, 0.6) is 0 Å². The van der Waals surface area contributed by atoms with Crippen LogP contribution in [0.25, 0.3) is 11.1 Å². The van der Waals surface area contributed by atoms with Gasteiger partial charge in [0.1, 0.15) is 5.82 Å². The quantitative estimate of drug-likeness (QED) is 0.738. The van der Waals surface area contributed by atoms with Crippen LogP contribution < -0.4 is 5.32 Å². The van der Waals surface area contributed by atoms with Crippen molar-refractivity contribution < 1.29 is 18.7 Å². The lowest BCUT2D eigenvalue weighted by molar-refractivity contribution is -0.136. The van der Waals surface area contributed by atoms with E-state index in [2.05, 4.69) is 22.3 Å². The van der Waals surface area contributed by atoms with Crippen molar-refractivity contribution in [1.82, 2.24) is 10.2 Å². The van der Waals surface area contributed by atoms with Gasteiger partial charge in [-0.1, -0.05) is 36.4 Å². The molecule has 1 amide bonds. The fraction of sp³-hybridized carbons (Fsp3) is 0.480. The molecular weight excluding hydrogens is 395 g/mol. The third-order valence-corrected chi connectivity index (χ3v) is 6.40. The predicted octanol–water partition coefficient (Wildman–Crippen LogP) is 3.28. The van der Waals surface area contributed by atoms with E-state index in [1.165, 1.54) is 12.1 Å². The van der Waals surface area contributed by atoms with Gasteiger partial charge in [0, 0.05) is 39.4 Å². The number of morpholine rings is 1. The van der Waals surface area contributed by atoms with Crippen LogP contribution in [0.4, 0.5) is 4.39 Å². The molecule has 0 saturated carbocycles. The van der Waals surface area contributed by atoms with Crippen LogP contribution in [0.3, 0.4) is 0 Å². The molecule has 2 saturated heterocycles. The molecule has 0 aromatic heterocycles. The smallest absolute Gasteiger partial charge is 0.226 e. The SMILES string of the molecule is O=C(NCCN1CCOCC1)C1(Cc2cccc(-c3ccc(F)cc3)c2)CCOCC1. The van der Waals surface area contributed by atoms with Crippen LogP contribution in [0.1, 0.15) is 18.4 Å². The normalized spacial score (nSPS) is 19.1. The Kier molecular flexibility index (Phi) is 7.33. The molecule has 1 N–H and O–H groups in total. The number of hydrogen-bond acceptors (Lipinski definition) is 4. The molecule has 0 aliphatic carbocycles. The van der Waals surface area contributed by atoms with E-state index >= 15 is 0 Å². The monoisotopic (exact) mass is 426 g/mol. The number of carbonyl (C=O) groups is 1. The molecular formula is C25H31FN2O3. The van der Waals surface area contributed by atoms with Crippen molar-refractivity contribution in [3.63, 3.8) is 0 Å². The van der Waals surface area contributed by atoms with E-state index in [9.17, 15) is 9.18 Å². The lowest BCUT2D eigenvalue weighted by atomic mass is 9.74. The second kappa shape index (κ2) is 10.4. The second-order valence-corrected chi connectivity index (χ2v) is 8.49. The third-order valence-electron chi connectivity index (χ3n) is 6.40. The Morgan fingerprint density at radius 2 is 1.68 bits per heavy atom. The number of hydrogen-bond donors (Lipinski definition) is 1. The first-order valence-corrected chi connectivity index (χ1v) is 11.2. The Bertz CT molecular complexity index is 859. The number of ether oxygens (including phenoxy) is 2. The van der Waals surface area contributed by atoms with E-state index in [-0.39, 0.29) is 11.7 Å². The highest BCUT2D eigenvalue weighted by molar-refractivity contribution is 5.83. The second-order valence-electron chi connectivity index (χ2n) is 8.49. The Labute approximate surface area is 183 Å². The average Bonchev–Trinajstić information content (AvgIpc) is 2.81. The molecule has 0 unspecified atom stereocenters. The van der Waals surface area contributed by atoms with Gasteiger partial charge < -0.3 is 14.8 Å². The molecule has 5 nitrogen and oxygen atoms in total. The van der Waals surface area contributed by atoms with Crippen LogP contribution >= 0.6 is 0 Å². The summed E-state index contributed by atoms with van der Waals surface area (Å²) in [5.74, 6) is -0.119. The van der Waals surface area contributed by atoms with E-state index in [4.69, 9.17) is 9.47 Å². The maximum atomic E-state index is 13.3. The molecule has 2 aromatic rings. The van der Waals surface area contributed by atoms with Gasteiger partial charge in [-0.3, -0.25) is 9.69 Å². The van der Waals surface area contributed by atoms with E-state index in [0.29, 0.717) is 26.2 Å². The molecule has 2 fully saturated rings. The molecule has 31 heavy (non-hydrogen) atoms. The van der Waals surface area contributed by atoms with Crippen molar-refractivity contribution >= 4 is 5.91 Å². The van der Waals surface area contributed by atoms with Gasteiger partial charge in [-0.2, -0.15) is 0 Å². The van der Waals surface area contributed by atoms with Gasteiger partial charge in [-0.05, 0) is 48.1 Å². The summed E-state index contributed by atoms with van der Waals surface area (Å²) in [6.45, 7) is 6.08. The summed E-state index contributed by atoms with van der Waals surface area (Å²) in [4.78, 5) is 15.6. The maximum absolute atomic E-state index is 13.3. The van der Waals surface area contributed by atoms with Crippen molar-refractivity contribution in [1.29, 1.82) is 0 Å². The first-order valence-electron chi connectivity index (χ1n) is 11.2. The Balaban J connectivity index is 1.44. The summed E-state index contributed by atoms with van der Waals surface area (Å²) in [6, 6.07) is 14.8. The van der Waals surface area contributed by atoms with E-state index < -0.39 is 5.41 Å². The standard InChI is InChI=1S/C25H31FN2O3/c26-23-6-4-21(5-7-23)22-3-1-2-20(18-22)19-25(8-14-30-15-9-25)24(29)27-10-11-28-12-16-31-17-13-28/h1-7,18H,8-17,19H2,(H,27,29). The summed E-state index contributed by atoms with van der Waals surface area (Å²) in [7, 11) is 0. The van der Waals surface area contributed by atoms with Crippen LogP contribution in [-0.4, -0.2) is 63.4 Å². The number of nitrogens with zero attached hydrogens (tertiary/aromatic N) is 1. The molecule has 6 heteroatoms. The molecule has 2 aromatic carbocycles. The summed E-state index contributed by atoms with van der Waals surface area (Å²) in [6.07, 6.45) is 2.11. The number of halogens is 1. The molecule has 2 heterocycles. The van der Waals surface area contributed by atoms with Gasteiger partial charge in [-0.15, -0.1) is 0 Å². The molecule has 2 aliphatic rings. The van der Waals surface area contributed by atoms with Gasteiger partial charge in [0.15, 0.2) is 0 Å². The first-order chi connectivity index (χ1) is 15.1. The predicted molar refractivity (Wildman–Crippen MR) is 118 cm³/mol. The number of benzene rings is 2. The van der Waals surface area contributed by atoms with Crippen LogP contribution in [0.2, 0.25) is 0 Å². The van der Waals surface area contributed by atoms with E-state index in [1.54, 1.807) is 12.1 Å². The number of carbonyl (C=O) groups excluding carboxylic acids is 1. The summed E-state index contributed by atoms with van der Waals surface area (Å²) in [5, 5.41) is 3.19. The minimum Gasteiger partial charge on any atom is -0.381 e. The van der Waals surface area contributed by atoms with E-state index in [1.807, 2.05) is 12.1 Å². The van der Waals surface area contributed by atoms with Crippen molar-refractivity contribution in [2.75, 3.05) is 52.6 Å². The lowest BCUT2D eigenvalue weighted by Crippen LogP contribution is -2.48. The van der Waals surface area contributed by atoms with Gasteiger partial charge in [0.2, 0.25) is 5.91 Å². The highest BCUT2D eigenvalue weighted by atomic mass is 19.1. The maximum Gasteiger partial charge on any atom is 0.226 e. The Morgan fingerprint density at radius 1 is 0.968 bits per heavy atom. The van der Waals surface area contributed by atoms with Crippen LogP contribution in [0, 0.1) is 11.2 Å². The molecule has 0 radical (unpaired) electrons. The number of rotatable bonds is 7. The van der Waals surface area contributed by atoms with Crippen molar-refractivity contribution in [3.05, 3.63) is 59.9 Å². The highest BCUT2D eigenvalue weighted by Gasteiger charge is 2.40. The Hall–Kier alpha value is -2.28. The average molecular weight is 427 g/mol.